The molecular formula is C11H16OSi. The first kappa shape index (κ1) is 10.1. The van der Waals surface area contributed by atoms with Gasteiger partial charge < -0.3 is 5.11 Å². The maximum absolute atomic E-state index is 9.47. The van der Waals surface area contributed by atoms with Gasteiger partial charge in [0.15, 0.2) is 0 Å². The van der Waals surface area contributed by atoms with E-state index in [0.29, 0.717) is 5.75 Å². The highest BCUT2D eigenvalue weighted by molar-refractivity contribution is 6.81. The van der Waals surface area contributed by atoms with Crippen molar-refractivity contribution in [2.45, 2.75) is 19.6 Å². The molecule has 1 nitrogen and oxygen atoms in total. The normalized spacial score (nSPS) is 12.2. The molecule has 0 saturated carbocycles. The molecule has 0 amide bonds. The first-order chi connectivity index (χ1) is 5.99. The Balaban J connectivity index is 2.86. The third-order valence-corrected chi connectivity index (χ3v) is 2.87. The van der Waals surface area contributed by atoms with Crippen molar-refractivity contribution < 1.29 is 5.11 Å². The molecule has 2 heteroatoms. The molecule has 0 saturated heterocycles. The second-order valence-electron chi connectivity index (χ2n) is 4.26. The van der Waals surface area contributed by atoms with Gasteiger partial charge in [-0.05, 0) is 6.07 Å². The maximum atomic E-state index is 9.47. The maximum Gasteiger partial charge on any atom is 0.122 e. The second-order valence-corrected chi connectivity index (χ2v) is 9.32. The first-order valence-electron chi connectivity index (χ1n) is 4.46. The van der Waals surface area contributed by atoms with Crippen LogP contribution in [-0.2, 0) is 0 Å². The van der Waals surface area contributed by atoms with Crippen LogP contribution in [-0.4, -0.2) is 13.2 Å². The number of aromatic hydroxyl groups is 1. The average Bonchev–Trinajstić information content (AvgIpc) is 2.01. The summed E-state index contributed by atoms with van der Waals surface area (Å²) in [6, 6.07) is 7.40. The standard InChI is InChI=1S/C11H16OSi/c1-13(2,3)9-8-10-6-4-5-7-11(10)12/h4-9,12H,1-3H3/b9-8+. The van der Waals surface area contributed by atoms with Gasteiger partial charge in [-0.15, -0.1) is 0 Å². The summed E-state index contributed by atoms with van der Waals surface area (Å²) >= 11 is 0. The summed E-state index contributed by atoms with van der Waals surface area (Å²) in [4.78, 5) is 0. The van der Waals surface area contributed by atoms with Gasteiger partial charge in [-0.25, -0.2) is 0 Å². The van der Waals surface area contributed by atoms with E-state index >= 15 is 0 Å². The summed E-state index contributed by atoms with van der Waals surface area (Å²) in [6.07, 6.45) is 2.02. The summed E-state index contributed by atoms with van der Waals surface area (Å²) in [5.74, 6) is 0.358. The zero-order chi connectivity index (χ0) is 9.90. The fourth-order valence-electron chi connectivity index (χ4n) is 0.968. The molecule has 0 fully saturated rings. The van der Waals surface area contributed by atoms with E-state index in [1.165, 1.54) is 0 Å². The summed E-state index contributed by atoms with van der Waals surface area (Å²) in [5, 5.41) is 9.47. The van der Waals surface area contributed by atoms with Gasteiger partial charge in [-0.2, -0.15) is 0 Å². The summed E-state index contributed by atoms with van der Waals surface area (Å²) in [7, 11) is -1.15. The molecule has 0 bridgehead atoms. The number of rotatable bonds is 2. The van der Waals surface area contributed by atoms with Gasteiger partial charge >= 0.3 is 0 Å². The Morgan fingerprint density at radius 3 is 2.31 bits per heavy atom. The molecule has 1 rings (SSSR count). The number of benzene rings is 1. The molecule has 1 aromatic rings. The Bertz CT molecular complexity index is 310. The Morgan fingerprint density at radius 1 is 1.15 bits per heavy atom. The summed E-state index contributed by atoms with van der Waals surface area (Å²) in [5.41, 5.74) is 3.13. The molecule has 13 heavy (non-hydrogen) atoms. The minimum atomic E-state index is -1.15. The lowest BCUT2D eigenvalue weighted by Gasteiger charge is -2.08. The smallest absolute Gasteiger partial charge is 0.122 e. The van der Waals surface area contributed by atoms with E-state index in [4.69, 9.17) is 0 Å². The monoisotopic (exact) mass is 192 g/mol. The number of phenolic OH excluding ortho intramolecular Hbond substituents is 1. The lowest BCUT2D eigenvalue weighted by Crippen LogP contribution is -2.15. The van der Waals surface area contributed by atoms with Gasteiger partial charge in [0.2, 0.25) is 0 Å². The Hall–Kier alpha value is -1.02. The van der Waals surface area contributed by atoms with Crippen LogP contribution >= 0.6 is 0 Å². The molecular weight excluding hydrogens is 176 g/mol. The van der Waals surface area contributed by atoms with Crippen molar-refractivity contribution in [3.63, 3.8) is 0 Å². The molecule has 1 aromatic carbocycles. The van der Waals surface area contributed by atoms with Gasteiger partial charge in [-0.1, -0.05) is 49.6 Å². The van der Waals surface area contributed by atoms with E-state index in [-0.39, 0.29) is 0 Å². The minimum absolute atomic E-state index is 0.358. The predicted octanol–water partition coefficient (Wildman–Crippen LogP) is 3.28. The van der Waals surface area contributed by atoms with E-state index in [1.807, 2.05) is 24.3 Å². The zero-order valence-corrected chi connectivity index (χ0v) is 9.41. The van der Waals surface area contributed by atoms with Crippen LogP contribution < -0.4 is 0 Å². The number of phenols is 1. The van der Waals surface area contributed by atoms with Crippen molar-refractivity contribution >= 4 is 14.1 Å². The van der Waals surface area contributed by atoms with E-state index in [0.717, 1.165) is 5.56 Å². The number of para-hydroxylation sites is 1. The van der Waals surface area contributed by atoms with Gasteiger partial charge in [0, 0.05) is 5.56 Å². The third-order valence-electron chi connectivity index (χ3n) is 1.70. The second kappa shape index (κ2) is 3.79. The van der Waals surface area contributed by atoms with Crippen LogP contribution in [0.5, 0.6) is 5.75 Å². The van der Waals surface area contributed by atoms with Gasteiger partial charge in [0.25, 0.3) is 0 Å². The minimum Gasteiger partial charge on any atom is -0.507 e. The van der Waals surface area contributed by atoms with Crippen molar-refractivity contribution in [3.8, 4) is 5.75 Å². The molecule has 0 aliphatic rings. The average molecular weight is 192 g/mol. The Kier molecular flexibility index (Phi) is 2.93. The van der Waals surface area contributed by atoms with Crippen LogP contribution in [0.3, 0.4) is 0 Å². The topological polar surface area (TPSA) is 20.2 Å². The molecule has 0 aliphatic carbocycles. The van der Waals surface area contributed by atoms with Crippen LogP contribution in [0.1, 0.15) is 5.56 Å². The fourth-order valence-corrected chi connectivity index (χ4v) is 1.65. The van der Waals surface area contributed by atoms with E-state index in [2.05, 4.69) is 25.3 Å². The van der Waals surface area contributed by atoms with Crippen molar-refractivity contribution in [1.29, 1.82) is 0 Å². The summed E-state index contributed by atoms with van der Waals surface area (Å²) < 4.78 is 0. The molecule has 0 unspecified atom stereocenters. The molecule has 0 aromatic heterocycles. The van der Waals surface area contributed by atoms with E-state index < -0.39 is 8.07 Å². The molecule has 0 aliphatic heterocycles. The highest BCUT2D eigenvalue weighted by atomic mass is 28.3. The highest BCUT2D eigenvalue weighted by Gasteiger charge is 2.07. The van der Waals surface area contributed by atoms with Gasteiger partial charge in [0.1, 0.15) is 5.75 Å². The largest absolute Gasteiger partial charge is 0.507 e. The lowest BCUT2D eigenvalue weighted by atomic mass is 10.2. The first-order valence-corrected chi connectivity index (χ1v) is 8.04. The van der Waals surface area contributed by atoms with E-state index in [1.54, 1.807) is 6.07 Å². The SMILES string of the molecule is C[Si](C)(C)/C=C/c1ccccc1O. The van der Waals surface area contributed by atoms with Crippen molar-refractivity contribution in [1.82, 2.24) is 0 Å². The quantitative estimate of drug-likeness (QED) is 0.713. The third kappa shape index (κ3) is 3.47. The van der Waals surface area contributed by atoms with Crippen LogP contribution in [0.2, 0.25) is 19.6 Å². The van der Waals surface area contributed by atoms with Gasteiger partial charge in [0.05, 0.1) is 8.07 Å². The highest BCUT2D eigenvalue weighted by Crippen LogP contribution is 2.18. The zero-order valence-electron chi connectivity index (χ0n) is 8.41. The molecule has 0 spiro atoms. The van der Waals surface area contributed by atoms with Gasteiger partial charge in [-0.3, -0.25) is 0 Å². The molecule has 0 radical (unpaired) electrons. The number of hydrogen-bond acceptors (Lipinski definition) is 1. The Morgan fingerprint density at radius 2 is 1.77 bits per heavy atom. The molecule has 1 N–H and O–H groups in total. The van der Waals surface area contributed by atoms with Crippen molar-refractivity contribution in [2.24, 2.45) is 0 Å². The van der Waals surface area contributed by atoms with Crippen molar-refractivity contribution in [2.75, 3.05) is 0 Å². The molecule has 0 atom stereocenters. The van der Waals surface area contributed by atoms with Crippen LogP contribution in [0.15, 0.2) is 30.0 Å². The van der Waals surface area contributed by atoms with Crippen LogP contribution in [0.25, 0.3) is 6.08 Å². The molecule has 70 valence electrons. The summed E-state index contributed by atoms with van der Waals surface area (Å²) in [6.45, 7) is 6.80. The lowest BCUT2D eigenvalue weighted by molar-refractivity contribution is 0.474. The van der Waals surface area contributed by atoms with Crippen LogP contribution in [0.4, 0.5) is 0 Å². The predicted molar refractivity (Wildman–Crippen MR) is 60.5 cm³/mol. The van der Waals surface area contributed by atoms with Crippen molar-refractivity contribution in [3.05, 3.63) is 35.5 Å². The number of hydrogen-bond donors (Lipinski definition) is 1. The van der Waals surface area contributed by atoms with Crippen LogP contribution in [0, 0.1) is 0 Å². The fraction of sp³-hybridized carbons (Fsp3) is 0.273. The molecule has 0 heterocycles. The Labute approximate surface area is 80.7 Å². The van der Waals surface area contributed by atoms with E-state index in [9.17, 15) is 5.11 Å².